The van der Waals surface area contributed by atoms with Crippen molar-refractivity contribution in [1.82, 2.24) is 29.7 Å². The number of nitrogen functional groups attached to an aromatic ring is 2. The molecule has 244 valence electrons. The van der Waals surface area contributed by atoms with Crippen LogP contribution in [0, 0.1) is 25.5 Å². The molecule has 0 saturated carbocycles. The molecule has 44 heavy (non-hydrogen) atoms. The molecule has 6 rings (SSSR count). The number of halogens is 2. The van der Waals surface area contributed by atoms with Crippen molar-refractivity contribution in [3.05, 3.63) is 23.3 Å². The van der Waals surface area contributed by atoms with Gasteiger partial charge in [-0.05, 0) is 39.5 Å². The number of rotatable bonds is 8. The van der Waals surface area contributed by atoms with Crippen molar-refractivity contribution in [1.29, 1.82) is 0 Å². The van der Waals surface area contributed by atoms with Gasteiger partial charge >= 0.3 is 0 Å². The lowest BCUT2D eigenvalue weighted by Gasteiger charge is -2.33. The molecule has 16 heteroatoms. The fourth-order valence-corrected chi connectivity index (χ4v) is 6.43. The van der Waals surface area contributed by atoms with Crippen molar-refractivity contribution < 1.29 is 18.3 Å². The Morgan fingerprint density at radius 2 is 1.05 bits per heavy atom. The fraction of sp³-hybridized carbons (Fsp3) is 0.714. The summed E-state index contributed by atoms with van der Waals surface area (Å²) < 4.78 is 39.8. The minimum atomic E-state index is -0.470. The Labute approximate surface area is 257 Å². The maximum atomic E-state index is 14.5. The van der Waals surface area contributed by atoms with Crippen LogP contribution < -0.4 is 32.3 Å². The molecule has 4 fully saturated rings. The average Bonchev–Trinajstić information content (AvgIpc) is 3.70. The van der Waals surface area contributed by atoms with Crippen molar-refractivity contribution in [2.45, 2.75) is 51.6 Å². The van der Waals surface area contributed by atoms with E-state index in [0.29, 0.717) is 23.3 Å². The van der Waals surface area contributed by atoms with Crippen molar-refractivity contribution in [2.24, 2.45) is 11.7 Å². The summed E-state index contributed by atoms with van der Waals surface area (Å²) in [6, 6.07) is 0.542. The second kappa shape index (κ2) is 15.3. The summed E-state index contributed by atoms with van der Waals surface area (Å²) >= 11 is 0. The highest BCUT2D eigenvalue weighted by molar-refractivity contribution is 5.53. The van der Waals surface area contributed by atoms with E-state index < -0.39 is 11.6 Å². The number of aryl methyl sites for hydroxylation is 2. The molecule has 4 aliphatic heterocycles. The van der Waals surface area contributed by atoms with E-state index in [2.05, 4.69) is 50.4 Å². The number of ether oxygens (including phenoxy) is 2. The zero-order valence-electron chi connectivity index (χ0n) is 25.8. The molecule has 0 aliphatic carbocycles. The minimum Gasteiger partial charge on any atom is -0.379 e. The molecule has 2 aromatic heterocycles. The first-order valence-electron chi connectivity index (χ1n) is 15.5. The van der Waals surface area contributed by atoms with Gasteiger partial charge in [-0.15, -0.1) is 0 Å². The molecule has 6 N–H and O–H groups in total. The Kier molecular flexibility index (Phi) is 11.3. The summed E-state index contributed by atoms with van der Waals surface area (Å²) in [5, 5.41) is 0. The molecule has 0 bridgehead atoms. The van der Waals surface area contributed by atoms with E-state index in [0.717, 1.165) is 104 Å². The number of nitrogens with two attached hydrogens (primary N) is 2. The van der Waals surface area contributed by atoms with Crippen molar-refractivity contribution in [2.75, 3.05) is 99.4 Å². The third-order valence-electron chi connectivity index (χ3n) is 8.61. The van der Waals surface area contributed by atoms with Gasteiger partial charge < -0.3 is 30.1 Å². The van der Waals surface area contributed by atoms with Gasteiger partial charge in [0, 0.05) is 64.4 Å². The van der Waals surface area contributed by atoms with Crippen LogP contribution in [0.5, 0.6) is 0 Å². The molecule has 0 spiro atoms. The molecule has 0 radical (unpaired) electrons. The van der Waals surface area contributed by atoms with Crippen LogP contribution in [-0.4, -0.2) is 121 Å². The molecular formula is C28H46F2N12O2. The Balaban J connectivity index is 0.000000175. The second-order valence-electron chi connectivity index (χ2n) is 11.6. The smallest absolute Gasteiger partial charge is 0.209 e. The molecule has 14 nitrogen and oxygen atoms in total. The highest BCUT2D eigenvalue weighted by Crippen LogP contribution is 2.31. The quantitative estimate of drug-likeness (QED) is 0.245. The Morgan fingerprint density at radius 3 is 1.41 bits per heavy atom. The van der Waals surface area contributed by atoms with Crippen LogP contribution in [0.15, 0.2) is 0 Å². The Bertz CT molecular complexity index is 1140. The van der Waals surface area contributed by atoms with Gasteiger partial charge in [-0.3, -0.25) is 9.80 Å². The normalized spacial score (nSPS) is 23.0. The molecule has 0 aromatic carbocycles. The molecule has 6 heterocycles. The van der Waals surface area contributed by atoms with E-state index in [1.807, 2.05) is 0 Å². The molecule has 2 atom stereocenters. The van der Waals surface area contributed by atoms with E-state index in [9.17, 15) is 8.78 Å². The minimum absolute atomic E-state index is 0.0551. The third kappa shape index (κ3) is 7.79. The van der Waals surface area contributed by atoms with Gasteiger partial charge in [0.25, 0.3) is 0 Å². The standard InChI is InChI=1S/2C14H23FN6O/c2*1-10-17-13(19-16)12(15)14(18-10)21-4-2-3-11(21)9-20-5-7-22-8-6-20/h2*11H,2-9,16H2,1H3,(H,17,18,19)/t2*11-/m00/s1. The summed E-state index contributed by atoms with van der Waals surface area (Å²) in [6.45, 7) is 13.8. The van der Waals surface area contributed by atoms with E-state index in [-0.39, 0.29) is 23.7 Å². The monoisotopic (exact) mass is 620 g/mol. The van der Waals surface area contributed by atoms with Gasteiger partial charge in [0.2, 0.25) is 11.6 Å². The van der Waals surface area contributed by atoms with E-state index in [1.54, 1.807) is 13.8 Å². The van der Waals surface area contributed by atoms with Gasteiger partial charge in [-0.1, -0.05) is 0 Å². The van der Waals surface area contributed by atoms with E-state index in [4.69, 9.17) is 21.2 Å². The van der Waals surface area contributed by atoms with Crippen molar-refractivity contribution in [3.63, 3.8) is 0 Å². The Morgan fingerprint density at radius 1 is 0.659 bits per heavy atom. The molecular weight excluding hydrogens is 574 g/mol. The van der Waals surface area contributed by atoms with E-state index in [1.165, 1.54) is 0 Å². The summed E-state index contributed by atoms with van der Waals surface area (Å²) in [4.78, 5) is 25.5. The Hall–Kier alpha value is -3.02. The first-order chi connectivity index (χ1) is 21.4. The average molecular weight is 621 g/mol. The predicted octanol–water partition coefficient (Wildman–Crippen LogP) is 1.02. The molecule has 0 unspecified atom stereocenters. The summed E-state index contributed by atoms with van der Waals surface area (Å²) in [5.74, 6) is 11.6. The zero-order valence-corrected chi connectivity index (χ0v) is 25.8. The number of anilines is 4. The van der Waals surface area contributed by atoms with Gasteiger partial charge in [0.05, 0.1) is 26.4 Å². The first-order valence-corrected chi connectivity index (χ1v) is 15.5. The van der Waals surface area contributed by atoms with Crippen molar-refractivity contribution >= 4 is 23.3 Å². The third-order valence-corrected chi connectivity index (χ3v) is 8.61. The van der Waals surface area contributed by atoms with E-state index >= 15 is 0 Å². The summed E-state index contributed by atoms with van der Waals surface area (Å²) in [7, 11) is 0. The van der Waals surface area contributed by atoms with Crippen LogP contribution in [0.3, 0.4) is 0 Å². The van der Waals surface area contributed by atoms with Crippen LogP contribution in [-0.2, 0) is 9.47 Å². The lowest BCUT2D eigenvalue weighted by molar-refractivity contribution is 0.0354. The maximum absolute atomic E-state index is 14.5. The van der Waals surface area contributed by atoms with Crippen LogP contribution in [0.4, 0.5) is 32.1 Å². The zero-order chi connectivity index (χ0) is 31.1. The number of hydrazine groups is 2. The lowest BCUT2D eigenvalue weighted by atomic mass is 10.2. The molecule has 2 aromatic rings. The largest absolute Gasteiger partial charge is 0.379 e. The van der Waals surface area contributed by atoms with Crippen LogP contribution >= 0.6 is 0 Å². The molecule has 4 saturated heterocycles. The highest BCUT2D eigenvalue weighted by Gasteiger charge is 2.32. The number of aromatic nitrogens is 4. The van der Waals surface area contributed by atoms with Crippen LogP contribution in [0.25, 0.3) is 0 Å². The first kappa shape index (κ1) is 32.4. The van der Waals surface area contributed by atoms with Crippen LogP contribution in [0.2, 0.25) is 0 Å². The van der Waals surface area contributed by atoms with Gasteiger partial charge in [0.15, 0.2) is 23.3 Å². The lowest BCUT2D eigenvalue weighted by Crippen LogP contribution is -2.45. The second-order valence-corrected chi connectivity index (χ2v) is 11.6. The van der Waals surface area contributed by atoms with Gasteiger partial charge in [-0.2, -0.15) is 8.78 Å². The van der Waals surface area contributed by atoms with Crippen molar-refractivity contribution in [3.8, 4) is 0 Å². The molecule has 4 aliphatic rings. The number of nitrogens with zero attached hydrogens (tertiary/aromatic N) is 8. The summed E-state index contributed by atoms with van der Waals surface area (Å²) in [5.41, 5.74) is 4.63. The number of morpholine rings is 2. The topological polar surface area (TPSA) is 159 Å². The maximum Gasteiger partial charge on any atom is 0.209 e. The van der Waals surface area contributed by atoms with Crippen LogP contribution in [0.1, 0.15) is 37.3 Å². The van der Waals surface area contributed by atoms with Gasteiger partial charge in [-0.25, -0.2) is 31.6 Å². The number of hydrogen-bond donors (Lipinski definition) is 4. The predicted molar refractivity (Wildman–Crippen MR) is 164 cm³/mol. The fourth-order valence-electron chi connectivity index (χ4n) is 6.43. The number of nitrogens with one attached hydrogen (secondary N) is 2. The highest BCUT2D eigenvalue weighted by atomic mass is 19.1. The molecule has 0 amide bonds. The number of hydrogen-bond acceptors (Lipinski definition) is 14. The SMILES string of the molecule is Cc1nc(NN)c(F)c(N2CCC[C@H]2CN2CCOCC2)n1.Cc1nc(NN)c(F)c(N2CCC[C@H]2CN2CCOCC2)n1. The summed E-state index contributed by atoms with van der Waals surface area (Å²) in [6.07, 6.45) is 4.18. The van der Waals surface area contributed by atoms with Gasteiger partial charge in [0.1, 0.15) is 11.6 Å².